The molecular weight excluding hydrogens is 298 g/mol. The summed E-state index contributed by atoms with van der Waals surface area (Å²) in [5.41, 5.74) is 4.52. The van der Waals surface area contributed by atoms with Crippen molar-refractivity contribution in [3.05, 3.63) is 70.8 Å². The Bertz CT molecular complexity index is 734. The molecule has 2 rings (SSSR count). The number of benzene rings is 2. The molecule has 0 aliphatic carbocycles. The molecule has 126 valence electrons. The fourth-order valence-corrected chi connectivity index (χ4v) is 2.59. The van der Waals surface area contributed by atoms with Crippen LogP contribution in [0.5, 0.6) is 5.75 Å². The average Bonchev–Trinajstić information content (AvgIpc) is 2.60. The van der Waals surface area contributed by atoms with Crippen molar-refractivity contribution in [2.45, 2.75) is 33.2 Å². The van der Waals surface area contributed by atoms with E-state index in [0.717, 1.165) is 23.3 Å². The lowest BCUT2D eigenvalue weighted by atomic mass is 9.99. The maximum Gasteiger partial charge on any atom is 0.244 e. The highest BCUT2D eigenvalue weighted by Crippen LogP contribution is 2.21. The molecule has 0 unspecified atom stereocenters. The van der Waals surface area contributed by atoms with Crippen molar-refractivity contribution in [3.8, 4) is 5.75 Å². The summed E-state index contributed by atoms with van der Waals surface area (Å²) in [6, 6.07) is 14.0. The Morgan fingerprint density at radius 3 is 2.58 bits per heavy atom. The monoisotopic (exact) mass is 323 g/mol. The van der Waals surface area contributed by atoms with Gasteiger partial charge in [-0.05, 0) is 49.1 Å². The van der Waals surface area contributed by atoms with Gasteiger partial charge in [-0.1, -0.05) is 43.3 Å². The highest BCUT2D eigenvalue weighted by atomic mass is 16.5. The Labute approximate surface area is 144 Å². The van der Waals surface area contributed by atoms with E-state index < -0.39 is 0 Å². The van der Waals surface area contributed by atoms with Gasteiger partial charge in [0.25, 0.3) is 0 Å². The third-order valence-corrected chi connectivity index (χ3v) is 4.21. The van der Waals surface area contributed by atoms with Gasteiger partial charge in [-0.3, -0.25) is 4.79 Å². The average molecular weight is 323 g/mol. The first kappa shape index (κ1) is 17.8. The number of para-hydroxylation sites is 1. The van der Waals surface area contributed by atoms with Crippen LogP contribution in [0.4, 0.5) is 0 Å². The van der Waals surface area contributed by atoms with E-state index in [9.17, 15) is 4.79 Å². The highest BCUT2D eigenvalue weighted by Gasteiger charge is 2.12. The van der Waals surface area contributed by atoms with E-state index in [0.29, 0.717) is 0 Å². The fraction of sp³-hybridized carbons (Fsp3) is 0.286. The van der Waals surface area contributed by atoms with Gasteiger partial charge in [-0.2, -0.15) is 0 Å². The number of nitrogens with one attached hydrogen (secondary N) is 1. The van der Waals surface area contributed by atoms with Gasteiger partial charge in [0.1, 0.15) is 5.75 Å². The van der Waals surface area contributed by atoms with E-state index in [1.165, 1.54) is 11.1 Å². The van der Waals surface area contributed by atoms with Crippen LogP contribution in [-0.2, 0) is 4.79 Å². The van der Waals surface area contributed by atoms with Crippen molar-refractivity contribution in [2.24, 2.45) is 0 Å². The second kappa shape index (κ2) is 8.34. The highest BCUT2D eigenvalue weighted by molar-refractivity contribution is 5.92. The molecule has 0 spiro atoms. The van der Waals surface area contributed by atoms with Gasteiger partial charge < -0.3 is 10.1 Å². The molecule has 0 aliphatic rings. The number of hydrogen-bond donors (Lipinski definition) is 1. The number of carbonyl (C=O) groups is 1. The Morgan fingerprint density at radius 2 is 1.92 bits per heavy atom. The first-order valence-corrected chi connectivity index (χ1v) is 8.24. The molecule has 1 N–H and O–H groups in total. The lowest BCUT2D eigenvalue weighted by molar-refractivity contribution is -0.117. The molecule has 2 aromatic carbocycles. The molecule has 0 heterocycles. The van der Waals surface area contributed by atoms with Gasteiger partial charge >= 0.3 is 0 Å². The van der Waals surface area contributed by atoms with Crippen LogP contribution in [0, 0.1) is 13.8 Å². The smallest absolute Gasteiger partial charge is 0.244 e. The van der Waals surface area contributed by atoms with Crippen LogP contribution < -0.4 is 10.1 Å². The first-order valence-electron chi connectivity index (χ1n) is 8.24. The number of methoxy groups -OCH3 is 1. The topological polar surface area (TPSA) is 38.3 Å². The number of rotatable bonds is 6. The van der Waals surface area contributed by atoms with E-state index in [1.54, 1.807) is 19.3 Å². The second-order valence-electron chi connectivity index (χ2n) is 5.89. The molecular formula is C21H25NO2. The molecule has 0 aliphatic heterocycles. The Hall–Kier alpha value is -2.55. The number of hydrogen-bond acceptors (Lipinski definition) is 2. The van der Waals surface area contributed by atoms with Crippen LogP contribution in [0.1, 0.15) is 41.6 Å². The van der Waals surface area contributed by atoms with Gasteiger partial charge in [0, 0.05) is 11.6 Å². The molecule has 0 fully saturated rings. The first-order chi connectivity index (χ1) is 11.5. The van der Waals surface area contributed by atoms with Crippen LogP contribution in [0.3, 0.4) is 0 Å². The summed E-state index contributed by atoms with van der Waals surface area (Å²) in [7, 11) is 1.62. The van der Waals surface area contributed by atoms with Gasteiger partial charge in [0.05, 0.1) is 13.2 Å². The van der Waals surface area contributed by atoms with Crippen LogP contribution in [-0.4, -0.2) is 13.0 Å². The van der Waals surface area contributed by atoms with Crippen molar-refractivity contribution >= 4 is 12.0 Å². The number of amides is 1. The standard InChI is InChI=1S/C21H25NO2/c1-5-19(18-11-10-15(2)16(3)14-18)22-21(23)13-12-17-8-6-7-9-20(17)24-4/h6-14,19H,5H2,1-4H3,(H,22,23)/b13-12+/t19-/m1/s1. The van der Waals surface area contributed by atoms with E-state index in [1.807, 2.05) is 24.3 Å². The van der Waals surface area contributed by atoms with Crippen LogP contribution in [0.25, 0.3) is 6.08 Å². The SMILES string of the molecule is CC[C@@H](NC(=O)/C=C/c1ccccc1OC)c1ccc(C)c(C)c1. The zero-order valence-electron chi connectivity index (χ0n) is 14.8. The third kappa shape index (κ3) is 4.48. The predicted octanol–water partition coefficient (Wildman–Crippen LogP) is 4.59. The number of carbonyl (C=O) groups excluding carboxylic acids is 1. The predicted molar refractivity (Wildman–Crippen MR) is 99.1 cm³/mol. The minimum absolute atomic E-state index is 0.0131. The minimum atomic E-state index is -0.106. The number of aryl methyl sites for hydroxylation is 2. The zero-order chi connectivity index (χ0) is 17.5. The molecule has 3 nitrogen and oxygen atoms in total. The summed E-state index contributed by atoms with van der Waals surface area (Å²) in [4.78, 5) is 12.3. The van der Waals surface area contributed by atoms with E-state index in [-0.39, 0.29) is 11.9 Å². The third-order valence-electron chi connectivity index (χ3n) is 4.21. The van der Waals surface area contributed by atoms with Gasteiger partial charge in [-0.15, -0.1) is 0 Å². The normalized spacial score (nSPS) is 12.2. The summed E-state index contributed by atoms with van der Waals surface area (Å²) >= 11 is 0. The minimum Gasteiger partial charge on any atom is -0.496 e. The van der Waals surface area contributed by atoms with Crippen LogP contribution in [0.2, 0.25) is 0 Å². The Balaban J connectivity index is 2.09. The number of ether oxygens (including phenoxy) is 1. The summed E-state index contributed by atoms with van der Waals surface area (Å²) < 4.78 is 5.29. The lowest BCUT2D eigenvalue weighted by Crippen LogP contribution is -2.26. The maximum atomic E-state index is 12.3. The molecule has 3 heteroatoms. The quantitative estimate of drug-likeness (QED) is 0.789. The molecule has 0 saturated carbocycles. The Kier molecular flexibility index (Phi) is 6.19. The molecule has 1 amide bonds. The largest absolute Gasteiger partial charge is 0.496 e. The van der Waals surface area contributed by atoms with Crippen molar-refractivity contribution in [1.82, 2.24) is 5.32 Å². The molecule has 0 saturated heterocycles. The molecule has 0 radical (unpaired) electrons. The molecule has 24 heavy (non-hydrogen) atoms. The van der Waals surface area contributed by atoms with Crippen molar-refractivity contribution in [3.63, 3.8) is 0 Å². The summed E-state index contributed by atoms with van der Waals surface area (Å²) in [6.45, 7) is 6.26. The maximum absolute atomic E-state index is 12.3. The summed E-state index contributed by atoms with van der Waals surface area (Å²) in [5, 5.41) is 3.07. The fourth-order valence-electron chi connectivity index (χ4n) is 2.59. The van der Waals surface area contributed by atoms with Crippen molar-refractivity contribution in [2.75, 3.05) is 7.11 Å². The molecule has 0 aromatic heterocycles. The summed E-state index contributed by atoms with van der Waals surface area (Å²) in [6.07, 6.45) is 4.18. The molecule has 2 aromatic rings. The van der Waals surface area contributed by atoms with Crippen molar-refractivity contribution < 1.29 is 9.53 Å². The van der Waals surface area contributed by atoms with E-state index >= 15 is 0 Å². The van der Waals surface area contributed by atoms with Crippen LogP contribution >= 0.6 is 0 Å². The molecule has 1 atom stereocenters. The lowest BCUT2D eigenvalue weighted by Gasteiger charge is -2.17. The van der Waals surface area contributed by atoms with E-state index in [4.69, 9.17) is 4.74 Å². The summed E-state index contributed by atoms with van der Waals surface area (Å²) in [5.74, 6) is 0.647. The van der Waals surface area contributed by atoms with Gasteiger partial charge in [0.15, 0.2) is 0 Å². The van der Waals surface area contributed by atoms with Crippen molar-refractivity contribution in [1.29, 1.82) is 0 Å². The van der Waals surface area contributed by atoms with Gasteiger partial charge in [0.2, 0.25) is 5.91 Å². The second-order valence-corrected chi connectivity index (χ2v) is 5.89. The van der Waals surface area contributed by atoms with Gasteiger partial charge in [-0.25, -0.2) is 0 Å². The van der Waals surface area contributed by atoms with Crippen LogP contribution in [0.15, 0.2) is 48.5 Å². The zero-order valence-corrected chi connectivity index (χ0v) is 14.8. The van der Waals surface area contributed by atoms with E-state index in [2.05, 4.69) is 44.3 Å². The Morgan fingerprint density at radius 1 is 1.17 bits per heavy atom. The molecule has 0 bridgehead atoms.